The van der Waals surface area contributed by atoms with Gasteiger partial charge in [0.05, 0.1) is 4.90 Å². The lowest BCUT2D eigenvalue weighted by molar-refractivity contribution is 0.0353. The first-order valence-corrected chi connectivity index (χ1v) is 8.73. The summed E-state index contributed by atoms with van der Waals surface area (Å²) < 4.78 is 69.7. The Hall–Kier alpha value is -1.28. The van der Waals surface area contributed by atoms with Gasteiger partial charge in [-0.1, -0.05) is 0 Å². The summed E-state index contributed by atoms with van der Waals surface area (Å²) in [5.74, 6) is -0.0361. The fourth-order valence-electron chi connectivity index (χ4n) is 2.87. The van der Waals surface area contributed by atoms with E-state index in [-0.39, 0.29) is 34.6 Å². The van der Waals surface area contributed by atoms with E-state index in [0.717, 1.165) is 12.3 Å². The molecule has 0 amide bonds. The Balaban J connectivity index is 2.08. The topological polar surface area (TPSA) is 63.6 Å². The van der Waals surface area contributed by atoms with Crippen molar-refractivity contribution in [3.8, 4) is 5.75 Å². The first kappa shape index (κ1) is 15.6. The number of aliphatic hydroxyl groups excluding tert-OH is 1. The van der Waals surface area contributed by atoms with Crippen molar-refractivity contribution in [3.63, 3.8) is 0 Å². The minimum Gasteiger partial charge on any atom is -0.490 e. The van der Waals surface area contributed by atoms with Crippen LogP contribution in [0.15, 0.2) is 17.0 Å². The highest BCUT2D eigenvalue weighted by Gasteiger charge is 2.46. The highest BCUT2D eigenvalue weighted by molar-refractivity contribution is 7.90. The Kier molecular flexibility index (Phi) is 3.64. The van der Waals surface area contributed by atoms with Crippen molar-refractivity contribution >= 4 is 9.84 Å². The lowest BCUT2D eigenvalue weighted by Gasteiger charge is -2.31. The van der Waals surface area contributed by atoms with Gasteiger partial charge in [-0.05, 0) is 12.1 Å². The van der Waals surface area contributed by atoms with Crippen LogP contribution in [0, 0.1) is 0 Å². The first-order valence-electron chi connectivity index (χ1n) is 6.84. The second-order valence-corrected chi connectivity index (χ2v) is 7.75. The second kappa shape index (κ2) is 5.13. The molecule has 0 aromatic heterocycles. The lowest BCUT2D eigenvalue weighted by Crippen LogP contribution is -2.35. The predicted molar refractivity (Wildman–Crippen MR) is 71.8 cm³/mol. The third-order valence-electron chi connectivity index (χ3n) is 4.09. The largest absolute Gasteiger partial charge is 0.490 e. The van der Waals surface area contributed by atoms with Crippen LogP contribution in [0.3, 0.4) is 0 Å². The molecule has 8 heteroatoms. The molecule has 3 atom stereocenters. The van der Waals surface area contributed by atoms with Crippen molar-refractivity contribution in [2.75, 3.05) is 6.26 Å². The average Bonchev–Trinajstić information content (AvgIpc) is 2.62. The van der Waals surface area contributed by atoms with E-state index in [1.165, 1.54) is 6.07 Å². The van der Waals surface area contributed by atoms with E-state index >= 15 is 0 Å². The Bertz CT molecular complexity index is 700. The Morgan fingerprint density at radius 2 is 1.82 bits per heavy atom. The maximum Gasteiger partial charge on any atom is 0.175 e. The molecule has 3 rings (SSSR count). The zero-order chi connectivity index (χ0) is 16.2. The van der Waals surface area contributed by atoms with E-state index in [4.69, 9.17) is 4.74 Å². The van der Waals surface area contributed by atoms with Crippen molar-refractivity contribution < 1.29 is 31.4 Å². The highest BCUT2D eigenvalue weighted by atomic mass is 32.2. The molecule has 2 aliphatic carbocycles. The number of fused-ring (bicyclic) bond motifs is 1. The maximum absolute atomic E-state index is 14.2. The van der Waals surface area contributed by atoms with E-state index in [1.807, 2.05) is 0 Å². The number of benzene rings is 1. The SMILES string of the molecule is CS(=O)(=O)c1ccc(OC2CC(F)C2)c2c1[C@H](O)[C@H](F)[C@@H]2F. The monoisotopic (exact) mass is 336 g/mol. The lowest BCUT2D eigenvalue weighted by atomic mass is 9.93. The van der Waals surface area contributed by atoms with E-state index in [1.54, 1.807) is 0 Å². The van der Waals surface area contributed by atoms with Crippen molar-refractivity contribution in [2.45, 2.75) is 48.5 Å². The molecular weight excluding hydrogens is 321 g/mol. The number of hydrogen-bond acceptors (Lipinski definition) is 4. The molecule has 0 spiro atoms. The summed E-state index contributed by atoms with van der Waals surface area (Å²) in [6.45, 7) is 0. The van der Waals surface area contributed by atoms with Crippen molar-refractivity contribution in [1.82, 2.24) is 0 Å². The molecule has 22 heavy (non-hydrogen) atoms. The summed E-state index contributed by atoms with van der Waals surface area (Å²) in [5, 5.41) is 9.84. The minimum absolute atomic E-state index is 0.0361. The van der Waals surface area contributed by atoms with Crippen LogP contribution in [-0.2, 0) is 9.84 Å². The molecule has 0 aliphatic heterocycles. The fourth-order valence-corrected chi connectivity index (χ4v) is 3.81. The normalized spacial score (nSPS) is 34.1. The number of hydrogen-bond donors (Lipinski definition) is 1. The number of sulfone groups is 1. The van der Waals surface area contributed by atoms with E-state index in [9.17, 15) is 26.7 Å². The van der Waals surface area contributed by atoms with E-state index in [2.05, 4.69) is 0 Å². The summed E-state index contributed by atoms with van der Waals surface area (Å²) in [6, 6.07) is 2.39. The second-order valence-electron chi connectivity index (χ2n) is 5.76. The first-order chi connectivity index (χ1) is 10.2. The average molecular weight is 336 g/mol. The van der Waals surface area contributed by atoms with Crippen molar-refractivity contribution in [2.24, 2.45) is 0 Å². The summed E-state index contributed by atoms with van der Waals surface area (Å²) in [4.78, 5) is -0.317. The van der Waals surface area contributed by atoms with Gasteiger partial charge in [0, 0.05) is 30.2 Å². The molecule has 1 fully saturated rings. The van der Waals surface area contributed by atoms with Crippen LogP contribution in [0.4, 0.5) is 13.2 Å². The highest BCUT2D eigenvalue weighted by Crippen LogP contribution is 2.50. The Morgan fingerprint density at radius 3 is 2.36 bits per heavy atom. The summed E-state index contributed by atoms with van der Waals surface area (Å²) in [7, 11) is -3.76. The molecule has 0 unspecified atom stereocenters. The van der Waals surface area contributed by atoms with Crippen molar-refractivity contribution in [3.05, 3.63) is 23.3 Å². The molecule has 1 N–H and O–H groups in total. The van der Waals surface area contributed by atoms with Crippen molar-refractivity contribution in [1.29, 1.82) is 0 Å². The molecule has 0 heterocycles. The third kappa shape index (κ3) is 2.38. The summed E-state index contributed by atoms with van der Waals surface area (Å²) >= 11 is 0. The van der Waals surface area contributed by atoms with E-state index < -0.39 is 40.6 Å². The standard InChI is InChI=1S/C14H15F3O4S/c1-22(19,20)9-3-2-8(21-7-4-6(15)5-7)10-11(9)14(18)13(17)12(10)16/h2-3,6-7,12-14,18H,4-5H2,1H3/t6?,7?,12-,13-,14+/m1/s1. The van der Waals surface area contributed by atoms with Gasteiger partial charge in [0.25, 0.3) is 0 Å². The molecular formula is C14H15F3O4S. The van der Waals surface area contributed by atoms with Gasteiger partial charge >= 0.3 is 0 Å². The molecule has 1 aromatic carbocycles. The van der Waals surface area contributed by atoms with Gasteiger partial charge in [-0.25, -0.2) is 21.6 Å². The third-order valence-corrected chi connectivity index (χ3v) is 5.25. The van der Waals surface area contributed by atoms with Gasteiger partial charge in [0.2, 0.25) is 0 Å². The van der Waals surface area contributed by atoms with Gasteiger partial charge in [-0.2, -0.15) is 0 Å². The number of alkyl halides is 3. The van der Waals surface area contributed by atoms with Crippen LogP contribution in [-0.4, -0.2) is 38.2 Å². The van der Waals surface area contributed by atoms with Gasteiger partial charge in [-0.15, -0.1) is 0 Å². The zero-order valence-electron chi connectivity index (χ0n) is 11.7. The van der Waals surface area contributed by atoms with Crippen LogP contribution >= 0.6 is 0 Å². The van der Waals surface area contributed by atoms with Gasteiger partial charge in [0.15, 0.2) is 22.2 Å². The molecule has 122 valence electrons. The smallest absolute Gasteiger partial charge is 0.175 e. The molecule has 0 radical (unpaired) electrons. The zero-order valence-corrected chi connectivity index (χ0v) is 12.5. The van der Waals surface area contributed by atoms with Crippen LogP contribution in [0.2, 0.25) is 0 Å². The molecule has 4 nitrogen and oxygen atoms in total. The number of rotatable bonds is 3. The number of aliphatic hydroxyl groups is 1. The number of halogens is 3. The van der Waals surface area contributed by atoms with Crippen LogP contribution in [0.5, 0.6) is 5.75 Å². The van der Waals surface area contributed by atoms with Gasteiger partial charge in [0.1, 0.15) is 24.1 Å². The fraction of sp³-hybridized carbons (Fsp3) is 0.571. The Morgan fingerprint density at radius 1 is 1.18 bits per heavy atom. The van der Waals surface area contributed by atoms with Crippen LogP contribution in [0.1, 0.15) is 36.2 Å². The minimum atomic E-state index is -3.76. The van der Waals surface area contributed by atoms with Crippen LogP contribution < -0.4 is 4.74 Å². The molecule has 1 saturated carbocycles. The molecule has 0 saturated heterocycles. The molecule has 1 aromatic rings. The Labute approximate surface area is 125 Å². The molecule has 0 bridgehead atoms. The predicted octanol–water partition coefficient (Wildman–Crippen LogP) is 2.37. The molecule has 2 aliphatic rings. The maximum atomic E-state index is 14.2. The van der Waals surface area contributed by atoms with Gasteiger partial charge in [-0.3, -0.25) is 0 Å². The quantitative estimate of drug-likeness (QED) is 0.920. The van der Waals surface area contributed by atoms with E-state index in [0.29, 0.717) is 0 Å². The number of ether oxygens (including phenoxy) is 1. The summed E-state index contributed by atoms with van der Waals surface area (Å²) in [5.41, 5.74) is -0.582. The summed E-state index contributed by atoms with van der Waals surface area (Å²) in [6.07, 6.45) is -6.52. The van der Waals surface area contributed by atoms with Gasteiger partial charge < -0.3 is 9.84 Å². The van der Waals surface area contributed by atoms with Crippen LogP contribution in [0.25, 0.3) is 0 Å².